The SMILES string of the molecule is COc1ccc(CC(=O)c2cc([N+](=O)[O-])cn2C)c(OC)c1. The van der Waals surface area contributed by atoms with E-state index < -0.39 is 4.92 Å². The van der Waals surface area contributed by atoms with Crippen LogP contribution in [0.15, 0.2) is 30.5 Å². The summed E-state index contributed by atoms with van der Waals surface area (Å²) in [6, 6.07) is 6.44. The summed E-state index contributed by atoms with van der Waals surface area (Å²) < 4.78 is 11.8. The van der Waals surface area contributed by atoms with Gasteiger partial charge in [-0.05, 0) is 6.07 Å². The van der Waals surface area contributed by atoms with Gasteiger partial charge >= 0.3 is 0 Å². The van der Waals surface area contributed by atoms with Crippen molar-refractivity contribution in [3.05, 3.63) is 51.8 Å². The molecule has 7 heteroatoms. The van der Waals surface area contributed by atoms with Crippen LogP contribution in [-0.2, 0) is 13.5 Å². The summed E-state index contributed by atoms with van der Waals surface area (Å²) in [4.78, 5) is 22.6. The highest BCUT2D eigenvalue weighted by molar-refractivity contribution is 5.97. The quantitative estimate of drug-likeness (QED) is 0.465. The zero-order valence-electron chi connectivity index (χ0n) is 12.5. The van der Waals surface area contributed by atoms with Crippen molar-refractivity contribution in [1.82, 2.24) is 4.57 Å². The van der Waals surface area contributed by atoms with Crippen molar-refractivity contribution >= 4 is 11.5 Å². The van der Waals surface area contributed by atoms with Crippen LogP contribution in [0.25, 0.3) is 0 Å². The standard InChI is InChI=1S/C15H16N2O5/c1-16-9-11(17(19)20)7-13(16)14(18)6-10-4-5-12(21-2)8-15(10)22-3/h4-5,7-9H,6H2,1-3H3. The van der Waals surface area contributed by atoms with Gasteiger partial charge in [0.05, 0.1) is 31.0 Å². The van der Waals surface area contributed by atoms with Gasteiger partial charge in [0.25, 0.3) is 5.69 Å². The van der Waals surface area contributed by atoms with E-state index in [0.717, 1.165) is 0 Å². The molecule has 0 saturated carbocycles. The molecular formula is C15H16N2O5. The largest absolute Gasteiger partial charge is 0.497 e. The molecule has 0 spiro atoms. The van der Waals surface area contributed by atoms with Crippen LogP contribution in [0.5, 0.6) is 11.5 Å². The molecule has 0 bridgehead atoms. The molecule has 0 saturated heterocycles. The van der Waals surface area contributed by atoms with Crippen LogP contribution in [0, 0.1) is 10.1 Å². The fourth-order valence-corrected chi connectivity index (χ4v) is 2.19. The lowest BCUT2D eigenvalue weighted by Crippen LogP contribution is -2.09. The predicted octanol–water partition coefficient (Wildman–Crippen LogP) is 2.38. The minimum Gasteiger partial charge on any atom is -0.497 e. The van der Waals surface area contributed by atoms with Crippen molar-refractivity contribution in [1.29, 1.82) is 0 Å². The van der Waals surface area contributed by atoms with E-state index >= 15 is 0 Å². The van der Waals surface area contributed by atoms with Crippen LogP contribution in [-0.4, -0.2) is 29.5 Å². The molecule has 7 nitrogen and oxygen atoms in total. The Bertz CT molecular complexity index is 721. The Labute approximate surface area is 127 Å². The summed E-state index contributed by atoms with van der Waals surface area (Å²) in [6.45, 7) is 0. The van der Waals surface area contributed by atoms with E-state index in [0.29, 0.717) is 17.1 Å². The Morgan fingerprint density at radius 1 is 1.27 bits per heavy atom. The highest BCUT2D eigenvalue weighted by Crippen LogP contribution is 2.26. The Hall–Kier alpha value is -2.83. The maximum atomic E-state index is 12.4. The van der Waals surface area contributed by atoms with E-state index in [1.54, 1.807) is 32.4 Å². The lowest BCUT2D eigenvalue weighted by Gasteiger charge is -2.10. The minimum absolute atomic E-state index is 0.0855. The van der Waals surface area contributed by atoms with Gasteiger partial charge in [-0.25, -0.2) is 0 Å². The first-order valence-electron chi connectivity index (χ1n) is 6.51. The predicted molar refractivity (Wildman–Crippen MR) is 79.6 cm³/mol. The van der Waals surface area contributed by atoms with E-state index in [1.165, 1.54) is 23.9 Å². The van der Waals surface area contributed by atoms with Crippen molar-refractivity contribution in [2.45, 2.75) is 6.42 Å². The lowest BCUT2D eigenvalue weighted by molar-refractivity contribution is -0.384. The molecule has 0 atom stereocenters. The third-order valence-corrected chi connectivity index (χ3v) is 3.33. The third kappa shape index (κ3) is 3.08. The van der Waals surface area contributed by atoms with E-state index in [-0.39, 0.29) is 23.6 Å². The molecule has 0 amide bonds. The van der Waals surface area contributed by atoms with Gasteiger partial charge in [0.15, 0.2) is 5.78 Å². The number of nitro groups is 1. The van der Waals surface area contributed by atoms with E-state index in [2.05, 4.69) is 0 Å². The molecule has 22 heavy (non-hydrogen) atoms. The number of ether oxygens (including phenoxy) is 2. The molecule has 1 aromatic carbocycles. The average Bonchev–Trinajstić information content (AvgIpc) is 2.90. The van der Waals surface area contributed by atoms with Crippen LogP contribution in [0.4, 0.5) is 5.69 Å². The van der Waals surface area contributed by atoms with Gasteiger partial charge in [0.2, 0.25) is 0 Å². The molecule has 0 N–H and O–H groups in total. The summed E-state index contributed by atoms with van der Waals surface area (Å²) in [6.07, 6.45) is 1.40. The number of carbonyl (C=O) groups is 1. The van der Waals surface area contributed by atoms with Crippen molar-refractivity contribution in [2.24, 2.45) is 7.05 Å². The molecule has 2 aromatic rings. The highest BCUT2D eigenvalue weighted by atomic mass is 16.6. The van der Waals surface area contributed by atoms with E-state index in [4.69, 9.17) is 9.47 Å². The minimum atomic E-state index is -0.523. The summed E-state index contributed by atoms with van der Waals surface area (Å²) in [5.41, 5.74) is 0.870. The molecule has 0 fully saturated rings. The van der Waals surface area contributed by atoms with E-state index in [9.17, 15) is 14.9 Å². The number of methoxy groups -OCH3 is 2. The number of hydrogen-bond acceptors (Lipinski definition) is 5. The van der Waals surface area contributed by atoms with Crippen molar-refractivity contribution in [3.63, 3.8) is 0 Å². The normalized spacial score (nSPS) is 10.3. The Morgan fingerprint density at radius 3 is 2.55 bits per heavy atom. The Morgan fingerprint density at radius 2 is 2.00 bits per heavy atom. The van der Waals surface area contributed by atoms with Crippen LogP contribution < -0.4 is 9.47 Å². The second-order valence-electron chi connectivity index (χ2n) is 4.73. The van der Waals surface area contributed by atoms with Crippen LogP contribution >= 0.6 is 0 Å². The molecule has 0 radical (unpaired) electrons. The molecule has 0 aliphatic carbocycles. The molecule has 2 rings (SSSR count). The number of aromatic nitrogens is 1. The van der Waals surface area contributed by atoms with Gasteiger partial charge in [0, 0.05) is 31.2 Å². The lowest BCUT2D eigenvalue weighted by atomic mass is 10.1. The van der Waals surface area contributed by atoms with Gasteiger partial charge in [-0.15, -0.1) is 0 Å². The molecule has 1 aromatic heterocycles. The number of rotatable bonds is 6. The topological polar surface area (TPSA) is 83.6 Å². The zero-order chi connectivity index (χ0) is 16.3. The number of hydrogen-bond donors (Lipinski definition) is 0. The van der Waals surface area contributed by atoms with Gasteiger partial charge in [-0.3, -0.25) is 14.9 Å². The first-order valence-corrected chi connectivity index (χ1v) is 6.51. The summed E-state index contributed by atoms with van der Waals surface area (Å²) in [5, 5.41) is 10.8. The fourth-order valence-electron chi connectivity index (χ4n) is 2.19. The number of carbonyl (C=O) groups excluding carboxylic acids is 1. The average molecular weight is 304 g/mol. The van der Waals surface area contributed by atoms with Crippen LogP contribution in [0.1, 0.15) is 16.1 Å². The maximum Gasteiger partial charge on any atom is 0.287 e. The fraction of sp³-hybridized carbons (Fsp3) is 0.267. The molecule has 116 valence electrons. The third-order valence-electron chi connectivity index (χ3n) is 3.33. The van der Waals surface area contributed by atoms with Crippen molar-refractivity contribution < 1.29 is 19.2 Å². The van der Waals surface area contributed by atoms with Gasteiger partial charge < -0.3 is 14.0 Å². The molecule has 0 unspecified atom stereocenters. The first-order chi connectivity index (χ1) is 10.5. The monoisotopic (exact) mass is 304 g/mol. The van der Waals surface area contributed by atoms with Gasteiger partial charge in [-0.2, -0.15) is 0 Å². The Kier molecular flexibility index (Phi) is 4.45. The van der Waals surface area contributed by atoms with Crippen LogP contribution in [0.3, 0.4) is 0 Å². The number of aryl methyl sites for hydroxylation is 1. The molecular weight excluding hydrogens is 288 g/mol. The van der Waals surface area contributed by atoms with E-state index in [1.807, 2.05) is 0 Å². The van der Waals surface area contributed by atoms with Crippen molar-refractivity contribution in [3.8, 4) is 11.5 Å². The summed E-state index contributed by atoms with van der Waals surface area (Å²) >= 11 is 0. The molecule has 1 heterocycles. The second kappa shape index (κ2) is 6.30. The molecule has 0 aliphatic heterocycles. The number of benzene rings is 1. The Balaban J connectivity index is 2.27. The van der Waals surface area contributed by atoms with Crippen molar-refractivity contribution in [2.75, 3.05) is 14.2 Å². The highest BCUT2D eigenvalue weighted by Gasteiger charge is 2.19. The number of Topliss-reactive ketones (excluding diaryl/α,β-unsaturated/α-hetero) is 1. The van der Waals surface area contributed by atoms with Gasteiger partial charge in [-0.1, -0.05) is 6.07 Å². The first kappa shape index (κ1) is 15.6. The van der Waals surface area contributed by atoms with Crippen LogP contribution in [0.2, 0.25) is 0 Å². The zero-order valence-corrected chi connectivity index (χ0v) is 12.5. The number of ketones is 1. The van der Waals surface area contributed by atoms with Gasteiger partial charge in [0.1, 0.15) is 11.5 Å². The second-order valence-corrected chi connectivity index (χ2v) is 4.73. The summed E-state index contributed by atoms with van der Waals surface area (Å²) in [7, 11) is 4.66. The number of nitrogens with zero attached hydrogens (tertiary/aromatic N) is 2. The maximum absolute atomic E-state index is 12.4. The summed E-state index contributed by atoms with van der Waals surface area (Å²) in [5.74, 6) is 0.943. The molecule has 0 aliphatic rings. The smallest absolute Gasteiger partial charge is 0.287 e.